The smallest absolute Gasteiger partial charge is 0.142 e. The number of rotatable bonds is 2. The van der Waals surface area contributed by atoms with E-state index in [0.29, 0.717) is 5.56 Å². The molecule has 104 valence electrons. The van der Waals surface area contributed by atoms with Crippen LogP contribution in [0, 0.1) is 5.82 Å². The number of hydrogen-bond acceptors (Lipinski definition) is 1. The molecule has 1 aliphatic carbocycles. The molecule has 0 amide bonds. The summed E-state index contributed by atoms with van der Waals surface area (Å²) >= 11 is 5.95. The summed E-state index contributed by atoms with van der Waals surface area (Å²) in [5.74, 6) is -0.499. The topological polar surface area (TPSA) is 20.2 Å². The minimum atomic E-state index is -0.884. The van der Waals surface area contributed by atoms with Crippen molar-refractivity contribution in [1.82, 2.24) is 0 Å². The van der Waals surface area contributed by atoms with Crippen LogP contribution < -0.4 is 0 Å². The fraction of sp³-hybridized carbons (Fsp3) is 0.294. The summed E-state index contributed by atoms with van der Waals surface area (Å²) in [7, 11) is 0. The van der Waals surface area contributed by atoms with Gasteiger partial charge in [-0.15, -0.1) is 0 Å². The maximum atomic E-state index is 13.5. The molecule has 0 fully saturated rings. The molecule has 1 N–H and O–H groups in total. The second-order valence-electron chi connectivity index (χ2n) is 5.28. The molecule has 0 saturated carbocycles. The van der Waals surface area contributed by atoms with Gasteiger partial charge in [0.1, 0.15) is 11.9 Å². The van der Waals surface area contributed by atoms with E-state index < -0.39 is 11.9 Å². The molecule has 1 aliphatic rings. The van der Waals surface area contributed by atoms with E-state index in [9.17, 15) is 9.50 Å². The lowest BCUT2D eigenvalue weighted by Crippen LogP contribution is -2.06. The van der Waals surface area contributed by atoms with Crippen molar-refractivity contribution in [3.8, 4) is 0 Å². The Hall–Kier alpha value is -1.38. The molecular weight excluding hydrogens is 275 g/mol. The van der Waals surface area contributed by atoms with Crippen molar-refractivity contribution < 1.29 is 9.50 Å². The molecule has 3 rings (SSSR count). The summed E-state index contributed by atoms with van der Waals surface area (Å²) in [6, 6.07) is 10.5. The van der Waals surface area contributed by atoms with Gasteiger partial charge in [0.15, 0.2) is 0 Å². The molecule has 3 heteroatoms. The highest BCUT2D eigenvalue weighted by atomic mass is 35.5. The molecule has 2 aromatic carbocycles. The van der Waals surface area contributed by atoms with E-state index >= 15 is 0 Å². The van der Waals surface area contributed by atoms with Crippen LogP contribution in [0.25, 0.3) is 0 Å². The van der Waals surface area contributed by atoms with Crippen LogP contribution in [0.2, 0.25) is 5.02 Å². The minimum Gasteiger partial charge on any atom is -0.384 e. The predicted octanol–water partition coefficient (Wildman–Crippen LogP) is 4.44. The molecule has 20 heavy (non-hydrogen) atoms. The van der Waals surface area contributed by atoms with Gasteiger partial charge < -0.3 is 5.11 Å². The Labute approximate surface area is 123 Å². The zero-order valence-corrected chi connectivity index (χ0v) is 11.8. The van der Waals surface area contributed by atoms with Gasteiger partial charge in [0, 0.05) is 5.56 Å². The predicted molar refractivity (Wildman–Crippen MR) is 78.6 cm³/mol. The number of aryl methyl sites for hydroxylation is 2. The average molecular weight is 291 g/mol. The zero-order chi connectivity index (χ0) is 14.1. The molecule has 0 aliphatic heterocycles. The lowest BCUT2D eigenvalue weighted by molar-refractivity contribution is 0.219. The van der Waals surface area contributed by atoms with Gasteiger partial charge in [0.25, 0.3) is 0 Å². The number of benzene rings is 2. The van der Waals surface area contributed by atoms with Gasteiger partial charge >= 0.3 is 0 Å². The summed E-state index contributed by atoms with van der Waals surface area (Å²) in [5, 5.41) is 10.4. The van der Waals surface area contributed by atoms with Gasteiger partial charge in [-0.05, 0) is 48.4 Å². The van der Waals surface area contributed by atoms with Crippen LogP contribution in [-0.2, 0) is 12.8 Å². The van der Waals surface area contributed by atoms with Crippen molar-refractivity contribution in [2.45, 2.75) is 31.8 Å². The summed E-state index contributed by atoms with van der Waals surface area (Å²) in [5.41, 5.74) is 3.85. The summed E-state index contributed by atoms with van der Waals surface area (Å²) in [6.07, 6.45) is 3.68. The SMILES string of the molecule is OC(c1ccc2c(c1)CCCC2)c1cccc(F)c1Cl. The molecule has 1 unspecified atom stereocenters. The Morgan fingerprint density at radius 1 is 1.05 bits per heavy atom. The molecular formula is C17H16ClFO. The zero-order valence-electron chi connectivity index (χ0n) is 11.1. The van der Waals surface area contributed by atoms with Crippen molar-refractivity contribution in [2.75, 3.05) is 0 Å². The number of aliphatic hydroxyl groups is 1. The summed E-state index contributed by atoms with van der Waals surface area (Å²) in [4.78, 5) is 0. The van der Waals surface area contributed by atoms with E-state index in [1.807, 2.05) is 12.1 Å². The van der Waals surface area contributed by atoms with Gasteiger partial charge in [0.05, 0.1) is 5.02 Å². The summed E-state index contributed by atoms with van der Waals surface area (Å²) in [6.45, 7) is 0. The van der Waals surface area contributed by atoms with Crippen LogP contribution in [-0.4, -0.2) is 5.11 Å². The van der Waals surface area contributed by atoms with Crippen molar-refractivity contribution in [3.05, 3.63) is 69.5 Å². The van der Waals surface area contributed by atoms with Gasteiger partial charge in [-0.25, -0.2) is 4.39 Å². The third kappa shape index (κ3) is 2.46. The second-order valence-corrected chi connectivity index (χ2v) is 5.66. The minimum absolute atomic E-state index is 0.00211. The van der Waals surface area contributed by atoms with Crippen molar-refractivity contribution >= 4 is 11.6 Å². The van der Waals surface area contributed by atoms with E-state index in [-0.39, 0.29) is 5.02 Å². The fourth-order valence-corrected chi connectivity index (χ4v) is 3.06. The van der Waals surface area contributed by atoms with Crippen LogP contribution in [0.3, 0.4) is 0 Å². The first-order chi connectivity index (χ1) is 9.66. The highest BCUT2D eigenvalue weighted by Gasteiger charge is 2.18. The first-order valence-corrected chi connectivity index (χ1v) is 7.28. The van der Waals surface area contributed by atoms with E-state index in [1.54, 1.807) is 12.1 Å². The lowest BCUT2D eigenvalue weighted by atomic mass is 9.88. The van der Waals surface area contributed by atoms with Gasteiger partial charge in [-0.3, -0.25) is 0 Å². The molecule has 0 spiro atoms. The molecule has 2 aromatic rings. The number of aliphatic hydroxyl groups excluding tert-OH is 1. The molecule has 1 nitrogen and oxygen atoms in total. The summed E-state index contributed by atoms with van der Waals surface area (Å²) < 4.78 is 13.5. The van der Waals surface area contributed by atoms with Crippen LogP contribution in [0.4, 0.5) is 4.39 Å². The normalized spacial score (nSPS) is 15.8. The van der Waals surface area contributed by atoms with E-state index in [1.165, 1.54) is 30.0 Å². The van der Waals surface area contributed by atoms with E-state index in [2.05, 4.69) is 6.07 Å². The second kappa shape index (κ2) is 5.55. The van der Waals surface area contributed by atoms with Crippen LogP contribution >= 0.6 is 11.6 Å². The van der Waals surface area contributed by atoms with E-state index in [4.69, 9.17) is 11.6 Å². The standard InChI is InChI=1S/C17H16ClFO/c18-16-14(6-3-7-15(16)19)17(20)13-9-8-11-4-1-2-5-12(11)10-13/h3,6-10,17,20H,1-2,4-5H2. The van der Waals surface area contributed by atoms with Crippen molar-refractivity contribution in [1.29, 1.82) is 0 Å². The largest absolute Gasteiger partial charge is 0.384 e. The molecule has 0 bridgehead atoms. The fourth-order valence-electron chi connectivity index (χ4n) is 2.83. The first-order valence-electron chi connectivity index (χ1n) is 6.90. The lowest BCUT2D eigenvalue weighted by Gasteiger charge is -2.19. The van der Waals surface area contributed by atoms with Crippen LogP contribution in [0.15, 0.2) is 36.4 Å². The van der Waals surface area contributed by atoms with Crippen molar-refractivity contribution in [2.24, 2.45) is 0 Å². The Kier molecular flexibility index (Phi) is 3.77. The van der Waals surface area contributed by atoms with E-state index in [0.717, 1.165) is 18.4 Å². The maximum absolute atomic E-state index is 13.5. The van der Waals surface area contributed by atoms with Crippen molar-refractivity contribution in [3.63, 3.8) is 0 Å². The van der Waals surface area contributed by atoms with Gasteiger partial charge in [-0.2, -0.15) is 0 Å². The van der Waals surface area contributed by atoms with Crippen LogP contribution in [0.5, 0.6) is 0 Å². The Balaban J connectivity index is 1.98. The maximum Gasteiger partial charge on any atom is 0.142 e. The number of halogens is 2. The first kappa shape index (κ1) is 13.6. The molecule has 0 radical (unpaired) electrons. The van der Waals surface area contributed by atoms with Crippen LogP contribution in [0.1, 0.15) is 41.2 Å². The quantitative estimate of drug-likeness (QED) is 0.867. The molecule has 0 aromatic heterocycles. The highest BCUT2D eigenvalue weighted by molar-refractivity contribution is 6.31. The number of hydrogen-bond donors (Lipinski definition) is 1. The Bertz CT molecular complexity index is 639. The third-order valence-electron chi connectivity index (χ3n) is 3.96. The Morgan fingerprint density at radius 2 is 1.80 bits per heavy atom. The molecule has 0 heterocycles. The molecule has 0 saturated heterocycles. The average Bonchev–Trinajstić information content (AvgIpc) is 2.49. The van der Waals surface area contributed by atoms with Gasteiger partial charge in [0.2, 0.25) is 0 Å². The molecule has 1 atom stereocenters. The number of fused-ring (bicyclic) bond motifs is 1. The highest BCUT2D eigenvalue weighted by Crippen LogP contribution is 2.32. The monoisotopic (exact) mass is 290 g/mol. The Morgan fingerprint density at radius 3 is 2.60 bits per heavy atom. The third-order valence-corrected chi connectivity index (χ3v) is 4.36. The van der Waals surface area contributed by atoms with Gasteiger partial charge in [-0.1, -0.05) is 41.9 Å².